The molecule has 0 amide bonds. The van der Waals surface area contributed by atoms with E-state index in [1.54, 1.807) is 25.5 Å². The number of H-pyrrole nitrogens is 1. The van der Waals surface area contributed by atoms with Crippen LogP contribution in [0.4, 0.5) is 0 Å². The molecule has 0 spiro atoms. The molecule has 10 nitrogen and oxygen atoms in total. The summed E-state index contributed by atoms with van der Waals surface area (Å²) in [7, 11) is 0. The Kier molecular flexibility index (Phi) is 17.4. The maximum absolute atomic E-state index is 11.4. The number of imidazole rings is 1. The number of hydrogen-bond donors (Lipinski definition) is 7. The SMILES string of the molecule is CCCCCCCCCCCCCC[C@@H](O)[C@@H](O)[C@H](COC1OC(CO)C(O)C(O)C1O)c1ncc(CCCCCCCCCC[C@]23C[C@H]4CC5C[C@H]5[C@@H]2C43)[nH]1. The molecule has 7 N–H and O–H groups in total. The van der Waals surface area contributed by atoms with E-state index in [4.69, 9.17) is 9.47 Å². The Morgan fingerprint density at radius 1 is 0.768 bits per heavy atom. The molecule has 0 aromatic carbocycles. The number of aromatic nitrogens is 2. The van der Waals surface area contributed by atoms with E-state index in [9.17, 15) is 30.6 Å². The van der Waals surface area contributed by atoms with Gasteiger partial charge in [0.2, 0.25) is 0 Å². The molecule has 0 bridgehead atoms. The Bertz CT molecular complexity index is 1260. The van der Waals surface area contributed by atoms with E-state index >= 15 is 0 Å². The van der Waals surface area contributed by atoms with Crippen LogP contribution >= 0.6 is 0 Å². The van der Waals surface area contributed by atoms with Crippen molar-refractivity contribution in [3.63, 3.8) is 0 Å². The number of nitrogens with one attached hydrogen (secondary N) is 1. The lowest BCUT2D eigenvalue weighted by Crippen LogP contribution is -2.59. The maximum atomic E-state index is 11.4. The van der Waals surface area contributed by atoms with Crippen LogP contribution in [0.2, 0.25) is 0 Å². The van der Waals surface area contributed by atoms with Gasteiger partial charge in [-0.15, -0.1) is 0 Å². The molecule has 56 heavy (non-hydrogen) atoms. The fourth-order valence-corrected chi connectivity index (χ4v) is 11.7. The predicted octanol–water partition coefficient (Wildman–Crippen LogP) is 7.47. The summed E-state index contributed by atoms with van der Waals surface area (Å²) in [5.74, 6) is 5.45. The van der Waals surface area contributed by atoms with Crippen LogP contribution in [-0.2, 0) is 15.9 Å². The van der Waals surface area contributed by atoms with Gasteiger partial charge < -0.3 is 45.1 Å². The third-order valence-electron chi connectivity index (χ3n) is 15.1. The second-order valence-electron chi connectivity index (χ2n) is 19.1. The van der Waals surface area contributed by atoms with E-state index in [2.05, 4.69) is 16.9 Å². The van der Waals surface area contributed by atoms with Gasteiger partial charge in [-0.1, -0.05) is 129 Å². The number of fused-ring (bicyclic) bond motifs is 3. The molecule has 1 saturated heterocycles. The summed E-state index contributed by atoms with van der Waals surface area (Å²) in [6.45, 7) is 1.54. The molecule has 7 unspecified atom stereocenters. The molecule has 1 aromatic heterocycles. The van der Waals surface area contributed by atoms with Crippen molar-refractivity contribution < 1.29 is 40.1 Å². The molecule has 2 heterocycles. The van der Waals surface area contributed by atoms with Crippen LogP contribution in [0, 0.1) is 35.0 Å². The number of nitrogens with zero attached hydrogens (tertiary/aromatic N) is 1. The molecule has 14 atom stereocenters. The number of ether oxygens (including phenoxy) is 2. The highest BCUT2D eigenvalue weighted by Crippen LogP contribution is 2.87. The summed E-state index contributed by atoms with van der Waals surface area (Å²) < 4.78 is 11.4. The van der Waals surface area contributed by atoms with E-state index in [0.717, 1.165) is 79.2 Å². The number of unbranched alkanes of at least 4 members (excludes halogenated alkanes) is 18. The summed E-state index contributed by atoms with van der Waals surface area (Å²) in [5.41, 5.74) is 1.80. The van der Waals surface area contributed by atoms with Gasteiger partial charge in [0.25, 0.3) is 0 Å². The van der Waals surface area contributed by atoms with Crippen molar-refractivity contribution in [3.8, 4) is 0 Å². The highest BCUT2D eigenvalue weighted by Gasteiger charge is 2.81. The van der Waals surface area contributed by atoms with Crippen molar-refractivity contribution in [1.29, 1.82) is 0 Å². The molecular weight excluding hydrogens is 709 g/mol. The quantitative estimate of drug-likeness (QED) is 0.0378. The lowest BCUT2D eigenvalue weighted by Gasteiger charge is -2.40. The van der Waals surface area contributed by atoms with E-state index in [1.165, 1.54) is 103 Å². The van der Waals surface area contributed by atoms with Gasteiger partial charge in [0.1, 0.15) is 30.2 Å². The average Bonchev–Trinajstić information content (AvgIpc) is 4.03. The fourth-order valence-electron chi connectivity index (χ4n) is 11.7. The Morgan fingerprint density at radius 2 is 1.39 bits per heavy atom. The molecule has 322 valence electrons. The van der Waals surface area contributed by atoms with Crippen LogP contribution in [0.15, 0.2) is 6.20 Å². The third kappa shape index (κ3) is 11.4. The second-order valence-corrected chi connectivity index (χ2v) is 19.1. The van der Waals surface area contributed by atoms with Gasteiger partial charge in [-0.3, -0.25) is 0 Å². The van der Waals surface area contributed by atoms with Crippen molar-refractivity contribution in [3.05, 3.63) is 17.7 Å². The van der Waals surface area contributed by atoms with Crippen LogP contribution in [0.5, 0.6) is 0 Å². The molecule has 1 aliphatic heterocycles. The average molecular weight is 789 g/mol. The Hall–Kier alpha value is -1.11. The number of aliphatic hydroxyl groups excluding tert-OH is 6. The van der Waals surface area contributed by atoms with Gasteiger partial charge in [0.05, 0.1) is 31.3 Å². The molecule has 5 fully saturated rings. The van der Waals surface area contributed by atoms with Gasteiger partial charge in [-0.2, -0.15) is 0 Å². The Labute approximate surface area is 338 Å². The first kappa shape index (κ1) is 44.4. The smallest absolute Gasteiger partial charge is 0.186 e. The number of rotatable bonds is 31. The first-order valence-electron chi connectivity index (χ1n) is 23.6. The summed E-state index contributed by atoms with van der Waals surface area (Å²) in [6, 6.07) is 0. The van der Waals surface area contributed by atoms with Gasteiger partial charge >= 0.3 is 0 Å². The molecule has 6 rings (SSSR count). The molecule has 0 radical (unpaired) electrons. The summed E-state index contributed by atoms with van der Waals surface area (Å²) in [6.07, 6.45) is 25.0. The van der Waals surface area contributed by atoms with Crippen LogP contribution in [0.25, 0.3) is 0 Å². The first-order chi connectivity index (χ1) is 27.3. The minimum atomic E-state index is -1.56. The van der Waals surface area contributed by atoms with Gasteiger partial charge in [-0.05, 0) is 80.0 Å². The van der Waals surface area contributed by atoms with E-state index < -0.39 is 55.4 Å². The van der Waals surface area contributed by atoms with Crippen molar-refractivity contribution in [2.75, 3.05) is 13.2 Å². The Balaban J connectivity index is 0.876. The topological polar surface area (TPSA) is 169 Å². The van der Waals surface area contributed by atoms with Crippen LogP contribution in [-0.4, -0.2) is 96.7 Å². The largest absolute Gasteiger partial charge is 0.394 e. The van der Waals surface area contributed by atoms with Crippen molar-refractivity contribution in [2.45, 2.75) is 223 Å². The minimum absolute atomic E-state index is 0.157. The van der Waals surface area contributed by atoms with Gasteiger partial charge in [0.15, 0.2) is 6.29 Å². The zero-order valence-corrected chi connectivity index (χ0v) is 34.8. The lowest BCUT2D eigenvalue weighted by molar-refractivity contribution is -0.303. The standard InChI is InChI=1S/C46H80N2O8/c1-2-3-4-5-6-7-8-9-10-14-17-20-23-36(50)40(51)35(30-55-45-43(54)42(53)41(52)37(29-49)56-45)44-47-28-33(48-44)22-19-16-13-11-12-15-18-21-24-46-27-32-25-31-26-34(31)39(46)38(32)46/h28,31-32,34-43,45,49-54H,2-27,29-30H2,1H3,(H,47,48)/t31?,32-,34-,35+,36-,37?,38?,39-,40+,41?,42?,43?,45?,46-/m1/s1. The van der Waals surface area contributed by atoms with Crippen molar-refractivity contribution in [2.24, 2.45) is 35.0 Å². The zero-order valence-electron chi connectivity index (χ0n) is 34.8. The van der Waals surface area contributed by atoms with Crippen LogP contribution < -0.4 is 0 Å². The molecule has 4 saturated carbocycles. The van der Waals surface area contributed by atoms with Crippen LogP contribution in [0.1, 0.15) is 185 Å². The van der Waals surface area contributed by atoms with E-state index in [1.807, 2.05) is 0 Å². The van der Waals surface area contributed by atoms with Gasteiger partial charge in [0, 0.05) is 11.9 Å². The third-order valence-corrected chi connectivity index (χ3v) is 15.1. The zero-order chi connectivity index (χ0) is 39.5. The summed E-state index contributed by atoms with van der Waals surface area (Å²) in [5, 5.41) is 63.2. The highest BCUT2D eigenvalue weighted by molar-refractivity contribution is 5.29. The monoisotopic (exact) mass is 789 g/mol. The lowest BCUT2D eigenvalue weighted by atomic mass is 9.70. The predicted molar refractivity (Wildman–Crippen MR) is 218 cm³/mol. The van der Waals surface area contributed by atoms with Crippen molar-refractivity contribution in [1.82, 2.24) is 9.97 Å². The molecule has 1 aromatic rings. The Morgan fingerprint density at radius 3 is 2.05 bits per heavy atom. The van der Waals surface area contributed by atoms with E-state index in [-0.39, 0.29) is 6.61 Å². The minimum Gasteiger partial charge on any atom is -0.394 e. The van der Waals surface area contributed by atoms with Crippen LogP contribution in [0.3, 0.4) is 0 Å². The number of hydrogen-bond acceptors (Lipinski definition) is 9. The maximum Gasteiger partial charge on any atom is 0.186 e. The van der Waals surface area contributed by atoms with E-state index in [0.29, 0.717) is 12.2 Å². The summed E-state index contributed by atoms with van der Waals surface area (Å²) in [4.78, 5) is 7.97. The second kappa shape index (κ2) is 21.9. The molecule has 5 aliphatic rings. The van der Waals surface area contributed by atoms with Crippen molar-refractivity contribution >= 4 is 0 Å². The first-order valence-corrected chi connectivity index (χ1v) is 23.6. The number of aryl methyl sites for hydroxylation is 1. The molecule has 4 aliphatic carbocycles. The summed E-state index contributed by atoms with van der Waals surface area (Å²) >= 11 is 0. The fraction of sp³-hybridized carbons (Fsp3) is 0.935. The molecule has 10 heteroatoms. The van der Waals surface area contributed by atoms with Gasteiger partial charge in [-0.25, -0.2) is 4.98 Å². The highest BCUT2D eigenvalue weighted by atomic mass is 16.7. The number of aromatic amines is 1. The normalized spacial score (nSPS) is 34.3. The number of aliphatic hydroxyl groups is 6. The molecular formula is C46H80N2O8.